The third-order valence-corrected chi connectivity index (χ3v) is 3.95. The van der Waals surface area contributed by atoms with E-state index in [-0.39, 0.29) is 5.69 Å². The van der Waals surface area contributed by atoms with Gasteiger partial charge < -0.3 is 5.11 Å². The Morgan fingerprint density at radius 3 is 2.80 bits per heavy atom. The first-order valence-electron chi connectivity index (χ1n) is 6.09. The fourth-order valence-corrected chi connectivity index (χ4v) is 2.70. The third kappa shape index (κ3) is 2.71. The molecule has 0 unspecified atom stereocenters. The Kier molecular flexibility index (Phi) is 4.45. The van der Waals surface area contributed by atoms with Crippen LogP contribution in [-0.2, 0) is 6.42 Å². The van der Waals surface area contributed by atoms with Crippen molar-refractivity contribution in [1.29, 1.82) is 0 Å². The highest BCUT2D eigenvalue weighted by Crippen LogP contribution is 2.29. The molecule has 1 heterocycles. The van der Waals surface area contributed by atoms with Crippen LogP contribution in [0.4, 0.5) is 0 Å². The van der Waals surface area contributed by atoms with Crippen molar-refractivity contribution in [3.63, 3.8) is 0 Å². The minimum Gasteiger partial charge on any atom is -0.476 e. The summed E-state index contributed by atoms with van der Waals surface area (Å²) in [4.78, 5) is 11.2. The molecule has 0 saturated carbocycles. The van der Waals surface area contributed by atoms with Crippen LogP contribution in [0.5, 0.6) is 0 Å². The number of rotatable bonds is 4. The van der Waals surface area contributed by atoms with Gasteiger partial charge in [-0.25, -0.2) is 9.48 Å². The van der Waals surface area contributed by atoms with E-state index in [1.54, 1.807) is 6.07 Å². The standard InChI is InChI=1S/C13H13BrClN3O2/c1-3-4-10-12(13(19)20)16-17-18(10)11-6-9(15)7(2)5-8(11)14/h5-6H,3-4H2,1-2H3,(H,19,20). The molecule has 0 atom stereocenters. The smallest absolute Gasteiger partial charge is 0.358 e. The monoisotopic (exact) mass is 357 g/mol. The minimum atomic E-state index is -1.07. The van der Waals surface area contributed by atoms with Crippen molar-refractivity contribution >= 4 is 33.5 Å². The number of benzene rings is 1. The van der Waals surface area contributed by atoms with Crippen LogP contribution >= 0.6 is 27.5 Å². The van der Waals surface area contributed by atoms with E-state index in [2.05, 4.69) is 26.2 Å². The van der Waals surface area contributed by atoms with E-state index >= 15 is 0 Å². The highest BCUT2D eigenvalue weighted by Gasteiger charge is 2.20. The van der Waals surface area contributed by atoms with Gasteiger partial charge in [-0.1, -0.05) is 30.2 Å². The lowest BCUT2D eigenvalue weighted by Crippen LogP contribution is -2.07. The molecule has 1 N–H and O–H groups in total. The molecule has 0 bridgehead atoms. The van der Waals surface area contributed by atoms with Crippen LogP contribution in [0.1, 0.15) is 35.1 Å². The lowest BCUT2D eigenvalue weighted by atomic mass is 10.2. The molecule has 5 nitrogen and oxygen atoms in total. The number of nitrogens with zero attached hydrogens (tertiary/aromatic N) is 3. The molecule has 0 aliphatic heterocycles. The van der Waals surface area contributed by atoms with Crippen LogP contribution in [0.2, 0.25) is 5.02 Å². The molecule has 0 fully saturated rings. The third-order valence-electron chi connectivity index (χ3n) is 2.91. The Balaban J connectivity index is 2.63. The first kappa shape index (κ1) is 15.0. The zero-order valence-electron chi connectivity index (χ0n) is 11.0. The molecular weight excluding hydrogens is 346 g/mol. The van der Waals surface area contributed by atoms with Crippen molar-refractivity contribution in [3.05, 3.63) is 38.6 Å². The molecular formula is C13H13BrClN3O2. The van der Waals surface area contributed by atoms with Gasteiger partial charge in [0.25, 0.3) is 0 Å². The van der Waals surface area contributed by atoms with Gasteiger partial charge in [-0.05, 0) is 47.0 Å². The second-order valence-electron chi connectivity index (χ2n) is 4.40. The molecule has 106 valence electrons. The molecule has 1 aromatic carbocycles. The second-order valence-corrected chi connectivity index (χ2v) is 5.67. The van der Waals surface area contributed by atoms with Gasteiger partial charge in [0.05, 0.1) is 11.4 Å². The van der Waals surface area contributed by atoms with E-state index in [0.717, 1.165) is 16.5 Å². The number of carboxylic acids is 1. The number of aromatic carboxylic acids is 1. The van der Waals surface area contributed by atoms with Gasteiger partial charge in [0, 0.05) is 9.50 Å². The van der Waals surface area contributed by atoms with E-state index in [0.29, 0.717) is 22.8 Å². The van der Waals surface area contributed by atoms with Crippen molar-refractivity contribution in [2.75, 3.05) is 0 Å². The largest absolute Gasteiger partial charge is 0.476 e. The lowest BCUT2D eigenvalue weighted by Gasteiger charge is -2.10. The lowest BCUT2D eigenvalue weighted by molar-refractivity contribution is 0.0689. The van der Waals surface area contributed by atoms with Gasteiger partial charge in [0.15, 0.2) is 5.69 Å². The molecule has 2 aromatic rings. The summed E-state index contributed by atoms with van der Waals surface area (Å²) >= 11 is 9.59. The normalized spacial score (nSPS) is 10.8. The van der Waals surface area contributed by atoms with E-state index in [4.69, 9.17) is 16.7 Å². The zero-order valence-corrected chi connectivity index (χ0v) is 13.4. The molecule has 2 rings (SSSR count). The molecule has 0 radical (unpaired) electrons. The van der Waals surface area contributed by atoms with Crippen molar-refractivity contribution < 1.29 is 9.90 Å². The number of hydrogen-bond donors (Lipinski definition) is 1. The first-order valence-corrected chi connectivity index (χ1v) is 7.26. The topological polar surface area (TPSA) is 68.0 Å². The first-order chi connectivity index (χ1) is 9.45. The van der Waals surface area contributed by atoms with E-state index < -0.39 is 5.97 Å². The maximum Gasteiger partial charge on any atom is 0.358 e. The van der Waals surface area contributed by atoms with Crippen molar-refractivity contribution in [2.24, 2.45) is 0 Å². The maximum absolute atomic E-state index is 11.2. The second kappa shape index (κ2) is 5.93. The van der Waals surface area contributed by atoms with Crippen LogP contribution < -0.4 is 0 Å². The van der Waals surface area contributed by atoms with Gasteiger partial charge in [0.1, 0.15) is 0 Å². The fourth-order valence-electron chi connectivity index (χ4n) is 1.92. The number of aryl methyl sites for hydroxylation is 1. The molecule has 20 heavy (non-hydrogen) atoms. The van der Waals surface area contributed by atoms with E-state index in [1.807, 2.05) is 19.9 Å². The molecule has 0 spiro atoms. The highest BCUT2D eigenvalue weighted by atomic mass is 79.9. The number of carbonyl (C=O) groups is 1. The average Bonchev–Trinajstić information content (AvgIpc) is 2.78. The van der Waals surface area contributed by atoms with Crippen LogP contribution in [0, 0.1) is 6.92 Å². The molecule has 0 aliphatic rings. The number of carboxylic acid groups (broad SMARTS) is 1. The van der Waals surface area contributed by atoms with Crippen LogP contribution in [0.3, 0.4) is 0 Å². The van der Waals surface area contributed by atoms with Crippen LogP contribution in [-0.4, -0.2) is 26.1 Å². The molecule has 0 saturated heterocycles. The molecule has 7 heteroatoms. The zero-order chi connectivity index (χ0) is 14.9. The highest BCUT2D eigenvalue weighted by molar-refractivity contribution is 9.10. The number of hydrogen-bond acceptors (Lipinski definition) is 3. The number of halogens is 2. The summed E-state index contributed by atoms with van der Waals surface area (Å²) in [7, 11) is 0. The summed E-state index contributed by atoms with van der Waals surface area (Å²) in [5.41, 5.74) is 2.16. The van der Waals surface area contributed by atoms with Gasteiger partial charge in [-0.2, -0.15) is 0 Å². The quantitative estimate of drug-likeness (QED) is 0.906. The summed E-state index contributed by atoms with van der Waals surface area (Å²) in [5.74, 6) is -1.07. The molecule has 0 aliphatic carbocycles. The van der Waals surface area contributed by atoms with Gasteiger partial charge in [0.2, 0.25) is 0 Å². The SMILES string of the molecule is CCCc1c(C(=O)O)nnn1-c1cc(Cl)c(C)cc1Br. The Hall–Kier alpha value is -1.40. The Morgan fingerprint density at radius 2 is 2.20 bits per heavy atom. The summed E-state index contributed by atoms with van der Waals surface area (Å²) < 4.78 is 2.32. The van der Waals surface area contributed by atoms with Crippen LogP contribution in [0.15, 0.2) is 16.6 Å². The van der Waals surface area contributed by atoms with Crippen LogP contribution in [0.25, 0.3) is 5.69 Å². The summed E-state index contributed by atoms with van der Waals surface area (Å²) in [6, 6.07) is 3.62. The van der Waals surface area contributed by atoms with E-state index in [9.17, 15) is 4.79 Å². The minimum absolute atomic E-state index is 0.0181. The predicted molar refractivity (Wildman–Crippen MR) is 79.8 cm³/mol. The van der Waals surface area contributed by atoms with Gasteiger partial charge >= 0.3 is 5.97 Å². The van der Waals surface area contributed by atoms with E-state index in [1.165, 1.54) is 4.68 Å². The van der Waals surface area contributed by atoms with Crippen molar-refractivity contribution in [1.82, 2.24) is 15.0 Å². The number of aromatic nitrogens is 3. The molecule has 1 aromatic heterocycles. The van der Waals surface area contributed by atoms with Gasteiger partial charge in [-0.3, -0.25) is 0 Å². The summed E-state index contributed by atoms with van der Waals surface area (Å²) in [6.07, 6.45) is 1.37. The Morgan fingerprint density at radius 1 is 1.50 bits per heavy atom. The Labute approximate surface area is 129 Å². The molecule has 0 amide bonds. The maximum atomic E-state index is 11.2. The fraction of sp³-hybridized carbons (Fsp3) is 0.308. The summed E-state index contributed by atoms with van der Waals surface area (Å²) in [6.45, 7) is 3.87. The van der Waals surface area contributed by atoms with Gasteiger partial charge in [-0.15, -0.1) is 5.10 Å². The predicted octanol–water partition coefficient (Wildman–Crippen LogP) is 3.64. The Bertz CT molecular complexity index is 670. The summed E-state index contributed by atoms with van der Waals surface area (Å²) in [5, 5.41) is 17.5. The average molecular weight is 359 g/mol. The van der Waals surface area contributed by atoms with Crippen molar-refractivity contribution in [3.8, 4) is 5.69 Å². The van der Waals surface area contributed by atoms with Crippen molar-refractivity contribution in [2.45, 2.75) is 26.7 Å².